The van der Waals surface area contributed by atoms with Gasteiger partial charge in [-0.3, -0.25) is 4.79 Å². The normalized spacial score (nSPS) is 13.3. The maximum absolute atomic E-state index is 11.8. The smallest absolute Gasteiger partial charge is 0.246 e. The lowest BCUT2D eigenvalue weighted by molar-refractivity contribution is -0.121. The van der Waals surface area contributed by atoms with Gasteiger partial charge in [0.25, 0.3) is 0 Å². The standard InChI is InChI=1S/C16H17ClN2O3/c1-16(18,10-20)15(21)19-12-4-8-14(9-5-12)22-13-6-2-11(17)3-7-13/h2-9,20H,10,18H2,1H3,(H,19,21)/t16-/m0/s1. The summed E-state index contributed by atoms with van der Waals surface area (Å²) < 4.78 is 5.65. The highest BCUT2D eigenvalue weighted by Crippen LogP contribution is 2.24. The fourth-order valence-corrected chi connectivity index (χ4v) is 1.72. The number of amides is 1. The Bertz CT molecular complexity index is 639. The number of carbonyl (C=O) groups is 1. The summed E-state index contributed by atoms with van der Waals surface area (Å²) in [4.78, 5) is 11.8. The fourth-order valence-electron chi connectivity index (χ4n) is 1.59. The molecule has 1 amide bonds. The van der Waals surface area contributed by atoms with Crippen molar-refractivity contribution in [3.63, 3.8) is 0 Å². The van der Waals surface area contributed by atoms with Crippen LogP contribution in [0.3, 0.4) is 0 Å². The summed E-state index contributed by atoms with van der Waals surface area (Å²) in [6.45, 7) is 1.02. The number of nitrogens with two attached hydrogens (primary N) is 1. The number of carbonyl (C=O) groups excluding carboxylic acids is 1. The molecule has 0 heterocycles. The summed E-state index contributed by atoms with van der Waals surface area (Å²) in [5.41, 5.74) is 4.90. The molecule has 0 saturated carbocycles. The average Bonchev–Trinajstić information content (AvgIpc) is 2.51. The summed E-state index contributed by atoms with van der Waals surface area (Å²) in [6.07, 6.45) is 0. The molecule has 2 aromatic rings. The lowest BCUT2D eigenvalue weighted by atomic mass is 10.0. The Labute approximate surface area is 133 Å². The van der Waals surface area contributed by atoms with E-state index in [9.17, 15) is 4.79 Å². The van der Waals surface area contributed by atoms with E-state index in [1.54, 1.807) is 48.5 Å². The van der Waals surface area contributed by atoms with Crippen LogP contribution in [0.1, 0.15) is 6.92 Å². The minimum atomic E-state index is -1.32. The van der Waals surface area contributed by atoms with Gasteiger partial charge in [-0.15, -0.1) is 0 Å². The minimum Gasteiger partial charge on any atom is -0.457 e. The molecule has 1 atom stereocenters. The van der Waals surface area contributed by atoms with Crippen LogP contribution in [0.25, 0.3) is 0 Å². The highest BCUT2D eigenvalue weighted by Gasteiger charge is 2.27. The second kappa shape index (κ2) is 6.79. The van der Waals surface area contributed by atoms with Crippen molar-refractivity contribution in [3.05, 3.63) is 53.6 Å². The summed E-state index contributed by atoms with van der Waals surface area (Å²) in [5.74, 6) is 0.829. The SMILES string of the molecule is C[C@](N)(CO)C(=O)Nc1ccc(Oc2ccc(Cl)cc2)cc1. The first-order valence-corrected chi connectivity index (χ1v) is 7.03. The Balaban J connectivity index is 2.01. The number of aliphatic hydroxyl groups excluding tert-OH is 1. The maximum Gasteiger partial charge on any atom is 0.246 e. The monoisotopic (exact) mass is 320 g/mol. The molecular formula is C16H17ClN2O3. The van der Waals surface area contributed by atoms with Crippen LogP contribution in [0.5, 0.6) is 11.5 Å². The predicted molar refractivity (Wildman–Crippen MR) is 86.3 cm³/mol. The number of aliphatic hydroxyl groups is 1. The number of benzene rings is 2. The Hall–Kier alpha value is -2.08. The van der Waals surface area contributed by atoms with Gasteiger partial charge in [0.1, 0.15) is 17.0 Å². The highest BCUT2D eigenvalue weighted by molar-refractivity contribution is 6.30. The molecule has 0 aliphatic carbocycles. The summed E-state index contributed by atoms with van der Waals surface area (Å²) in [5, 5.41) is 12.3. The number of hydrogen-bond acceptors (Lipinski definition) is 4. The van der Waals surface area contributed by atoms with Crippen LogP contribution >= 0.6 is 11.6 Å². The van der Waals surface area contributed by atoms with Gasteiger partial charge in [-0.1, -0.05) is 11.6 Å². The largest absolute Gasteiger partial charge is 0.457 e. The van der Waals surface area contributed by atoms with Crippen molar-refractivity contribution in [2.75, 3.05) is 11.9 Å². The van der Waals surface area contributed by atoms with E-state index in [1.165, 1.54) is 6.92 Å². The third-order valence-electron chi connectivity index (χ3n) is 3.01. The van der Waals surface area contributed by atoms with Crippen molar-refractivity contribution in [3.8, 4) is 11.5 Å². The molecule has 2 aromatic carbocycles. The van der Waals surface area contributed by atoms with Crippen LogP contribution in [0, 0.1) is 0 Å². The molecule has 6 heteroatoms. The van der Waals surface area contributed by atoms with Crippen molar-refractivity contribution < 1.29 is 14.6 Å². The Morgan fingerprint density at radius 3 is 2.18 bits per heavy atom. The van der Waals surface area contributed by atoms with Gasteiger partial charge >= 0.3 is 0 Å². The lowest BCUT2D eigenvalue weighted by Crippen LogP contribution is -2.51. The third kappa shape index (κ3) is 4.21. The maximum atomic E-state index is 11.8. The molecule has 0 fully saturated rings. The molecule has 22 heavy (non-hydrogen) atoms. The Morgan fingerprint density at radius 2 is 1.68 bits per heavy atom. The second-order valence-electron chi connectivity index (χ2n) is 5.11. The van der Waals surface area contributed by atoms with Crippen molar-refractivity contribution >= 4 is 23.2 Å². The Kier molecular flexibility index (Phi) is 5.03. The summed E-state index contributed by atoms with van der Waals surface area (Å²) in [7, 11) is 0. The van der Waals surface area contributed by atoms with Gasteiger partial charge in [0.2, 0.25) is 5.91 Å². The van der Waals surface area contributed by atoms with E-state index in [-0.39, 0.29) is 0 Å². The molecule has 0 radical (unpaired) electrons. The molecule has 5 nitrogen and oxygen atoms in total. The fraction of sp³-hybridized carbons (Fsp3) is 0.188. The van der Waals surface area contributed by atoms with Gasteiger partial charge in [0.05, 0.1) is 6.61 Å². The molecule has 0 aromatic heterocycles. The highest BCUT2D eigenvalue weighted by atomic mass is 35.5. The molecule has 0 spiro atoms. The zero-order valence-electron chi connectivity index (χ0n) is 12.0. The van der Waals surface area contributed by atoms with Crippen LogP contribution in [0.2, 0.25) is 5.02 Å². The van der Waals surface area contributed by atoms with Crippen molar-refractivity contribution in [1.29, 1.82) is 0 Å². The Morgan fingerprint density at radius 1 is 1.18 bits per heavy atom. The van der Waals surface area contributed by atoms with Gasteiger partial charge < -0.3 is 20.9 Å². The topological polar surface area (TPSA) is 84.6 Å². The van der Waals surface area contributed by atoms with Crippen LogP contribution in [-0.2, 0) is 4.79 Å². The molecule has 0 bridgehead atoms. The van der Waals surface area contributed by atoms with E-state index >= 15 is 0 Å². The van der Waals surface area contributed by atoms with Gasteiger partial charge in [0.15, 0.2) is 0 Å². The zero-order valence-corrected chi connectivity index (χ0v) is 12.8. The van der Waals surface area contributed by atoms with E-state index in [0.717, 1.165) is 0 Å². The van der Waals surface area contributed by atoms with Gasteiger partial charge in [0, 0.05) is 10.7 Å². The quantitative estimate of drug-likeness (QED) is 0.791. The van der Waals surface area contributed by atoms with Gasteiger partial charge in [-0.2, -0.15) is 0 Å². The molecule has 4 N–H and O–H groups in total. The number of halogens is 1. The predicted octanol–water partition coefficient (Wildman–Crippen LogP) is 2.78. The van der Waals surface area contributed by atoms with E-state index in [4.69, 9.17) is 27.2 Å². The molecule has 0 saturated heterocycles. The van der Waals surface area contributed by atoms with Gasteiger partial charge in [-0.25, -0.2) is 0 Å². The lowest BCUT2D eigenvalue weighted by Gasteiger charge is -2.20. The van der Waals surface area contributed by atoms with Crippen LogP contribution in [-0.4, -0.2) is 23.2 Å². The zero-order chi connectivity index (χ0) is 16.2. The molecule has 2 rings (SSSR count). The van der Waals surface area contributed by atoms with E-state index in [2.05, 4.69) is 5.32 Å². The number of nitrogens with one attached hydrogen (secondary N) is 1. The number of hydrogen-bond donors (Lipinski definition) is 3. The van der Waals surface area contributed by atoms with E-state index in [1.807, 2.05) is 0 Å². The number of anilines is 1. The van der Waals surface area contributed by atoms with Gasteiger partial charge in [-0.05, 0) is 55.5 Å². The molecule has 0 unspecified atom stereocenters. The molecule has 116 valence electrons. The first-order valence-electron chi connectivity index (χ1n) is 6.65. The number of ether oxygens (including phenoxy) is 1. The summed E-state index contributed by atoms with van der Waals surface area (Å²) >= 11 is 5.81. The van der Waals surface area contributed by atoms with E-state index < -0.39 is 18.1 Å². The van der Waals surface area contributed by atoms with Crippen LogP contribution < -0.4 is 15.8 Å². The van der Waals surface area contributed by atoms with E-state index in [0.29, 0.717) is 22.2 Å². The minimum absolute atomic E-state index is 0.434. The third-order valence-corrected chi connectivity index (χ3v) is 3.26. The first-order chi connectivity index (χ1) is 10.4. The molecule has 0 aliphatic rings. The summed E-state index contributed by atoms with van der Waals surface area (Å²) in [6, 6.07) is 13.8. The van der Waals surface area contributed by atoms with Crippen molar-refractivity contribution in [2.24, 2.45) is 5.73 Å². The molecule has 0 aliphatic heterocycles. The second-order valence-corrected chi connectivity index (χ2v) is 5.55. The van der Waals surface area contributed by atoms with Crippen LogP contribution in [0.15, 0.2) is 48.5 Å². The average molecular weight is 321 g/mol. The number of rotatable bonds is 5. The van der Waals surface area contributed by atoms with Crippen molar-refractivity contribution in [2.45, 2.75) is 12.5 Å². The van der Waals surface area contributed by atoms with Crippen molar-refractivity contribution in [1.82, 2.24) is 0 Å². The molecular weight excluding hydrogens is 304 g/mol. The first kappa shape index (κ1) is 16.3. The van der Waals surface area contributed by atoms with Crippen LogP contribution in [0.4, 0.5) is 5.69 Å².